The van der Waals surface area contributed by atoms with E-state index in [0.29, 0.717) is 27.3 Å². The summed E-state index contributed by atoms with van der Waals surface area (Å²) in [4.78, 5) is 19.1. The molecule has 0 unspecified atom stereocenters. The summed E-state index contributed by atoms with van der Waals surface area (Å²) >= 11 is 7.09. The number of hydrogen-bond acceptors (Lipinski definition) is 6. The minimum Gasteiger partial charge on any atom is -0.444 e. The van der Waals surface area contributed by atoms with Gasteiger partial charge in [0.15, 0.2) is 0 Å². The number of thiophene rings is 1. The molecule has 0 radical (unpaired) electrons. The summed E-state index contributed by atoms with van der Waals surface area (Å²) in [6, 6.07) is 11.2. The van der Waals surface area contributed by atoms with Crippen molar-refractivity contribution in [1.82, 2.24) is 15.2 Å². The van der Waals surface area contributed by atoms with Crippen LogP contribution in [0.25, 0.3) is 17.2 Å². The lowest BCUT2D eigenvalue weighted by Gasteiger charge is -2.21. The van der Waals surface area contributed by atoms with E-state index < -0.39 is 0 Å². The molecule has 1 amide bonds. The van der Waals surface area contributed by atoms with Crippen LogP contribution in [0.15, 0.2) is 53.7 Å². The van der Waals surface area contributed by atoms with Gasteiger partial charge in [0.25, 0.3) is 5.91 Å². The van der Waals surface area contributed by atoms with Crippen LogP contribution in [-0.4, -0.2) is 35.9 Å². The van der Waals surface area contributed by atoms with Gasteiger partial charge in [-0.1, -0.05) is 30.3 Å². The molecule has 146 valence electrons. The van der Waals surface area contributed by atoms with E-state index in [1.54, 1.807) is 18.4 Å². The highest BCUT2D eigenvalue weighted by Gasteiger charge is 2.12. The van der Waals surface area contributed by atoms with E-state index >= 15 is 0 Å². The first kappa shape index (κ1) is 20.1. The number of carbonyl (C=O) groups is 1. The Hall–Kier alpha value is -2.61. The number of aromatic nitrogens is 1. The maximum absolute atomic E-state index is 12.1. The minimum atomic E-state index is -0.189. The van der Waals surface area contributed by atoms with E-state index in [9.17, 15) is 4.79 Å². The van der Waals surface area contributed by atoms with Crippen molar-refractivity contribution in [2.24, 2.45) is 5.73 Å². The first-order valence-corrected chi connectivity index (χ1v) is 9.86. The van der Waals surface area contributed by atoms with Gasteiger partial charge in [0, 0.05) is 31.4 Å². The van der Waals surface area contributed by atoms with Crippen LogP contribution in [0.4, 0.5) is 0 Å². The molecule has 0 aliphatic carbocycles. The lowest BCUT2D eigenvalue weighted by atomic mass is 10.1. The predicted molar refractivity (Wildman–Crippen MR) is 113 cm³/mol. The Morgan fingerprint density at radius 2 is 2.07 bits per heavy atom. The number of nitrogens with two attached hydrogens (primary N) is 1. The Kier molecular flexibility index (Phi) is 6.51. The summed E-state index contributed by atoms with van der Waals surface area (Å²) in [5, 5.41) is 2.80. The lowest BCUT2D eigenvalue weighted by Crippen LogP contribution is -2.23. The van der Waals surface area contributed by atoms with Crippen LogP contribution in [0.2, 0.25) is 4.34 Å². The predicted octanol–water partition coefficient (Wildman–Crippen LogP) is 3.85. The first-order chi connectivity index (χ1) is 13.5. The molecule has 0 saturated carbocycles. The highest BCUT2D eigenvalue weighted by atomic mass is 35.5. The Bertz CT molecular complexity index is 965. The standard InChI is InChI=1S/C20H21ClN4O2S/c1-13(25(2)10-9-22)14-3-5-15(6-4-14)20-24-16(12-27-20)11-23-19(26)17-7-8-18(21)28-17/h3-8,12H,1,9-11,22H2,2H3,(H,23,26). The smallest absolute Gasteiger partial charge is 0.261 e. The van der Waals surface area contributed by atoms with Crippen molar-refractivity contribution in [3.05, 3.63) is 69.7 Å². The molecule has 0 bridgehead atoms. The second kappa shape index (κ2) is 9.05. The molecule has 0 atom stereocenters. The molecule has 0 saturated heterocycles. The number of rotatable bonds is 8. The van der Waals surface area contributed by atoms with E-state index in [1.807, 2.05) is 36.2 Å². The van der Waals surface area contributed by atoms with Gasteiger partial charge in [-0.25, -0.2) is 4.98 Å². The molecule has 2 heterocycles. The van der Waals surface area contributed by atoms with Gasteiger partial charge in [0.05, 0.1) is 21.5 Å². The Morgan fingerprint density at radius 1 is 1.32 bits per heavy atom. The zero-order valence-electron chi connectivity index (χ0n) is 15.4. The Balaban J connectivity index is 1.62. The fourth-order valence-corrected chi connectivity index (χ4v) is 3.53. The number of carbonyl (C=O) groups excluding carboxylic acids is 1. The van der Waals surface area contributed by atoms with Crippen molar-refractivity contribution in [2.75, 3.05) is 20.1 Å². The number of hydrogen-bond donors (Lipinski definition) is 2. The molecule has 6 nitrogen and oxygen atoms in total. The van der Waals surface area contributed by atoms with Gasteiger partial charge in [0.2, 0.25) is 5.89 Å². The summed E-state index contributed by atoms with van der Waals surface area (Å²) in [5.74, 6) is 0.307. The zero-order chi connectivity index (χ0) is 20.1. The van der Waals surface area contributed by atoms with Gasteiger partial charge in [-0.05, 0) is 29.8 Å². The summed E-state index contributed by atoms with van der Waals surface area (Å²) in [6.07, 6.45) is 1.54. The molecule has 8 heteroatoms. The van der Waals surface area contributed by atoms with E-state index in [1.165, 1.54) is 11.3 Å². The number of amides is 1. The van der Waals surface area contributed by atoms with Crippen LogP contribution < -0.4 is 11.1 Å². The van der Waals surface area contributed by atoms with Gasteiger partial charge < -0.3 is 20.4 Å². The molecular formula is C20H21ClN4O2S. The van der Waals surface area contributed by atoms with Crippen molar-refractivity contribution in [3.8, 4) is 11.5 Å². The van der Waals surface area contributed by atoms with E-state index in [0.717, 1.165) is 23.4 Å². The SMILES string of the molecule is C=C(c1ccc(-c2nc(CNC(=O)c3ccc(Cl)s3)co2)cc1)N(C)CCN. The Labute approximate surface area is 172 Å². The van der Waals surface area contributed by atoms with Crippen molar-refractivity contribution in [3.63, 3.8) is 0 Å². The normalized spacial score (nSPS) is 10.7. The summed E-state index contributed by atoms with van der Waals surface area (Å²) in [5.41, 5.74) is 8.99. The van der Waals surface area contributed by atoms with Gasteiger partial charge in [0.1, 0.15) is 6.26 Å². The average Bonchev–Trinajstić information content (AvgIpc) is 3.35. The number of nitrogens with one attached hydrogen (secondary N) is 1. The van der Waals surface area contributed by atoms with Crippen LogP contribution in [0.5, 0.6) is 0 Å². The number of nitrogens with zero attached hydrogens (tertiary/aromatic N) is 2. The topological polar surface area (TPSA) is 84.4 Å². The molecule has 28 heavy (non-hydrogen) atoms. The maximum atomic E-state index is 12.1. The largest absolute Gasteiger partial charge is 0.444 e. The van der Waals surface area contributed by atoms with Crippen LogP contribution >= 0.6 is 22.9 Å². The molecule has 3 aromatic rings. The van der Waals surface area contributed by atoms with Crippen molar-refractivity contribution in [2.45, 2.75) is 6.54 Å². The molecule has 1 aromatic carbocycles. The number of benzene rings is 1. The highest BCUT2D eigenvalue weighted by Crippen LogP contribution is 2.23. The van der Waals surface area contributed by atoms with E-state index in [2.05, 4.69) is 16.9 Å². The quantitative estimate of drug-likeness (QED) is 0.582. The molecule has 3 N–H and O–H groups in total. The number of oxazole rings is 1. The second-order valence-electron chi connectivity index (χ2n) is 6.16. The molecule has 2 aromatic heterocycles. The fraction of sp³-hybridized carbons (Fsp3) is 0.200. The van der Waals surface area contributed by atoms with Crippen LogP contribution in [0, 0.1) is 0 Å². The van der Waals surface area contributed by atoms with Gasteiger partial charge in [-0.2, -0.15) is 0 Å². The first-order valence-electron chi connectivity index (χ1n) is 8.67. The van der Waals surface area contributed by atoms with Crippen molar-refractivity contribution >= 4 is 34.5 Å². The number of likely N-dealkylation sites (N-methyl/N-ethyl adjacent to an activating group) is 1. The zero-order valence-corrected chi connectivity index (χ0v) is 17.0. The molecule has 0 spiro atoms. The minimum absolute atomic E-state index is 0.189. The highest BCUT2D eigenvalue weighted by molar-refractivity contribution is 7.17. The second-order valence-corrected chi connectivity index (χ2v) is 7.88. The average molecular weight is 417 g/mol. The fourth-order valence-electron chi connectivity index (χ4n) is 2.57. The number of halogens is 1. The van der Waals surface area contributed by atoms with Gasteiger partial charge in [-0.3, -0.25) is 4.79 Å². The van der Waals surface area contributed by atoms with Crippen LogP contribution in [-0.2, 0) is 6.54 Å². The Morgan fingerprint density at radius 3 is 2.71 bits per heavy atom. The molecule has 3 rings (SSSR count). The van der Waals surface area contributed by atoms with Crippen LogP contribution in [0.1, 0.15) is 20.9 Å². The molecule has 0 aliphatic rings. The van der Waals surface area contributed by atoms with E-state index in [-0.39, 0.29) is 12.5 Å². The van der Waals surface area contributed by atoms with Crippen LogP contribution in [0.3, 0.4) is 0 Å². The van der Waals surface area contributed by atoms with Crippen molar-refractivity contribution < 1.29 is 9.21 Å². The molecular weight excluding hydrogens is 396 g/mol. The third-order valence-corrected chi connectivity index (χ3v) is 5.40. The van der Waals surface area contributed by atoms with Gasteiger partial charge >= 0.3 is 0 Å². The van der Waals surface area contributed by atoms with E-state index in [4.69, 9.17) is 21.8 Å². The monoisotopic (exact) mass is 416 g/mol. The lowest BCUT2D eigenvalue weighted by molar-refractivity contribution is 0.0954. The molecule has 0 aliphatic heterocycles. The summed E-state index contributed by atoms with van der Waals surface area (Å²) < 4.78 is 6.13. The van der Waals surface area contributed by atoms with Crippen molar-refractivity contribution in [1.29, 1.82) is 0 Å². The van der Waals surface area contributed by atoms with Gasteiger partial charge in [-0.15, -0.1) is 11.3 Å². The molecule has 0 fully saturated rings. The maximum Gasteiger partial charge on any atom is 0.261 e. The summed E-state index contributed by atoms with van der Waals surface area (Å²) in [6.45, 7) is 5.69. The third kappa shape index (κ3) is 4.81. The third-order valence-electron chi connectivity index (χ3n) is 4.17. The summed E-state index contributed by atoms with van der Waals surface area (Å²) in [7, 11) is 1.96.